The first-order valence-electron chi connectivity index (χ1n) is 6.78. The Morgan fingerprint density at radius 2 is 2.26 bits per heavy atom. The summed E-state index contributed by atoms with van der Waals surface area (Å²) < 4.78 is 5.26. The molecule has 1 aliphatic rings. The Balaban J connectivity index is 2.07. The molecule has 0 aliphatic carbocycles. The number of hydrogen-bond acceptors (Lipinski definition) is 3. The number of carbonyl (C=O) groups is 1. The van der Waals surface area contributed by atoms with Gasteiger partial charge >= 0.3 is 0 Å². The highest BCUT2D eigenvalue weighted by atomic mass is 16.5. The van der Waals surface area contributed by atoms with E-state index in [0.29, 0.717) is 11.5 Å². The molecule has 0 unspecified atom stereocenters. The van der Waals surface area contributed by atoms with Crippen LogP contribution in [0.25, 0.3) is 0 Å². The molecule has 1 saturated heterocycles. The number of aryl methyl sites for hydroxylation is 1. The van der Waals surface area contributed by atoms with Gasteiger partial charge in [-0.05, 0) is 50.0 Å². The number of benzene rings is 1. The van der Waals surface area contributed by atoms with Gasteiger partial charge in [-0.25, -0.2) is 0 Å². The van der Waals surface area contributed by atoms with Crippen molar-refractivity contribution < 1.29 is 9.53 Å². The van der Waals surface area contributed by atoms with Gasteiger partial charge in [-0.15, -0.1) is 0 Å². The fourth-order valence-corrected chi connectivity index (χ4v) is 2.44. The van der Waals surface area contributed by atoms with Crippen molar-refractivity contribution in [2.24, 2.45) is 5.92 Å². The maximum atomic E-state index is 12.3. The summed E-state index contributed by atoms with van der Waals surface area (Å²) >= 11 is 0. The number of piperidine rings is 1. The topological polar surface area (TPSA) is 50.4 Å². The lowest BCUT2D eigenvalue weighted by Gasteiger charge is -2.30. The van der Waals surface area contributed by atoms with Crippen LogP contribution in [-0.2, 0) is 0 Å². The van der Waals surface area contributed by atoms with Crippen LogP contribution in [0, 0.1) is 12.8 Å². The number of ether oxygens (including phenoxy) is 1. The molecule has 1 heterocycles. The first-order chi connectivity index (χ1) is 9.11. The van der Waals surface area contributed by atoms with E-state index in [0.717, 1.165) is 30.8 Å². The van der Waals surface area contributed by atoms with Gasteiger partial charge in [-0.1, -0.05) is 13.0 Å². The van der Waals surface area contributed by atoms with E-state index in [1.807, 2.05) is 19.1 Å². The summed E-state index contributed by atoms with van der Waals surface area (Å²) in [5, 5.41) is 6.45. The molecule has 0 bridgehead atoms. The van der Waals surface area contributed by atoms with Crippen LogP contribution in [0.15, 0.2) is 18.2 Å². The second kappa shape index (κ2) is 6.06. The van der Waals surface area contributed by atoms with Gasteiger partial charge in [-0.3, -0.25) is 4.79 Å². The van der Waals surface area contributed by atoms with Crippen LogP contribution in [0.3, 0.4) is 0 Å². The average Bonchev–Trinajstić information content (AvgIpc) is 2.42. The first kappa shape index (κ1) is 13.9. The molecule has 1 fully saturated rings. The van der Waals surface area contributed by atoms with Crippen molar-refractivity contribution in [3.63, 3.8) is 0 Å². The quantitative estimate of drug-likeness (QED) is 0.872. The van der Waals surface area contributed by atoms with Gasteiger partial charge in [0, 0.05) is 11.6 Å². The number of hydrogen-bond donors (Lipinski definition) is 2. The van der Waals surface area contributed by atoms with Crippen LogP contribution in [0.2, 0.25) is 0 Å². The maximum Gasteiger partial charge on any atom is 0.251 e. The normalized spacial score (nSPS) is 22.9. The van der Waals surface area contributed by atoms with Crippen LogP contribution in [0.5, 0.6) is 5.75 Å². The van der Waals surface area contributed by atoms with Crippen LogP contribution in [0.1, 0.15) is 29.3 Å². The summed E-state index contributed by atoms with van der Waals surface area (Å²) in [6.07, 6.45) is 0.982. The van der Waals surface area contributed by atoms with E-state index in [4.69, 9.17) is 4.74 Å². The van der Waals surface area contributed by atoms with Crippen molar-refractivity contribution in [2.45, 2.75) is 26.3 Å². The maximum absolute atomic E-state index is 12.3. The zero-order chi connectivity index (χ0) is 13.8. The Kier molecular flexibility index (Phi) is 4.43. The van der Waals surface area contributed by atoms with Crippen molar-refractivity contribution in [3.05, 3.63) is 29.3 Å². The van der Waals surface area contributed by atoms with Gasteiger partial charge < -0.3 is 15.4 Å². The fraction of sp³-hybridized carbons (Fsp3) is 0.533. The molecule has 104 valence electrons. The van der Waals surface area contributed by atoms with Crippen LogP contribution < -0.4 is 15.4 Å². The summed E-state index contributed by atoms with van der Waals surface area (Å²) in [6, 6.07) is 5.82. The monoisotopic (exact) mass is 262 g/mol. The van der Waals surface area contributed by atoms with Gasteiger partial charge in [0.25, 0.3) is 5.91 Å². The highest BCUT2D eigenvalue weighted by molar-refractivity contribution is 5.94. The Labute approximate surface area is 114 Å². The lowest BCUT2D eigenvalue weighted by molar-refractivity contribution is 0.0914. The molecule has 19 heavy (non-hydrogen) atoms. The average molecular weight is 262 g/mol. The highest BCUT2D eigenvalue weighted by Gasteiger charge is 2.23. The summed E-state index contributed by atoms with van der Waals surface area (Å²) in [4.78, 5) is 12.3. The fourth-order valence-electron chi connectivity index (χ4n) is 2.44. The molecule has 4 heteroatoms. The van der Waals surface area contributed by atoms with Crippen LogP contribution >= 0.6 is 0 Å². The van der Waals surface area contributed by atoms with Gasteiger partial charge in [0.1, 0.15) is 5.75 Å². The lowest BCUT2D eigenvalue weighted by atomic mass is 9.95. The van der Waals surface area contributed by atoms with E-state index < -0.39 is 0 Å². The van der Waals surface area contributed by atoms with E-state index in [-0.39, 0.29) is 11.9 Å². The molecule has 2 N–H and O–H groups in total. The molecule has 2 atom stereocenters. The minimum atomic E-state index is -0.0166. The molecule has 0 radical (unpaired) electrons. The SMILES string of the molecule is COc1cc(C(=O)N[C@@H]2CCNC[C@@H]2C)ccc1C. The van der Waals surface area contributed by atoms with Gasteiger partial charge in [0.15, 0.2) is 0 Å². The number of carbonyl (C=O) groups excluding carboxylic acids is 1. The predicted molar refractivity (Wildman–Crippen MR) is 75.6 cm³/mol. The standard InChI is InChI=1S/C15H22N2O2/c1-10-4-5-12(8-14(10)19-3)15(18)17-13-6-7-16-9-11(13)2/h4-5,8,11,13,16H,6-7,9H2,1-3H3,(H,17,18)/t11-,13+/m0/s1. The zero-order valence-corrected chi connectivity index (χ0v) is 11.8. The van der Waals surface area contributed by atoms with E-state index in [1.165, 1.54) is 0 Å². The first-order valence-corrected chi connectivity index (χ1v) is 6.78. The molecule has 1 aromatic rings. The van der Waals surface area contributed by atoms with Crippen molar-refractivity contribution in [1.29, 1.82) is 0 Å². The number of methoxy groups -OCH3 is 1. The van der Waals surface area contributed by atoms with E-state index >= 15 is 0 Å². The Hall–Kier alpha value is -1.55. The van der Waals surface area contributed by atoms with Crippen molar-refractivity contribution in [2.75, 3.05) is 20.2 Å². The van der Waals surface area contributed by atoms with Crippen molar-refractivity contribution in [1.82, 2.24) is 10.6 Å². The molecule has 1 amide bonds. The number of amides is 1. The van der Waals surface area contributed by atoms with E-state index in [9.17, 15) is 4.79 Å². The molecule has 2 rings (SSSR count). The molecule has 0 spiro atoms. The third kappa shape index (κ3) is 3.26. The molecule has 1 aliphatic heterocycles. The van der Waals surface area contributed by atoms with Crippen LogP contribution in [0.4, 0.5) is 0 Å². The molecular formula is C15H22N2O2. The van der Waals surface area contributed by atoms with Gasteiger partial charge in [-0.2, -0.15) is 0 Å². The summed E-state index contributed by atoms with van der Waals surface area (Å²) in [6.45, 7) is 6.05. The third-order valence-corrected chi connectivity index (χ3v) is 3.77. The number of nitrogens with one attached hydrogen (secondary N) is 2. The molecule has 0 aromatic heterocycles. The molecule has 0 saturated carbocycles. The summed E-state index contributed by atoms with van der Waals surface area (Å²) in [5.74, 6) is 1.20. The Morgan fingerprint density at radius 1 is 1.47 bits per heavy atom. The third-order valence-electron chi connectivity index (χ3n) is 3.77. The summed E-state index contributed by atoms with van der Waals surface area (Å²) in [7, 11) is 1.62. The second-order valence-corrected chi connectivity index (χ2v) is 5.23. The summed E-state index contributed by atoms with van der Waals surface area (Å²) in [5.41, 5.74) is 1.70. The van der Waals surface area contributed by atoms with E-state index in [1.54, 1.807) is 13.2 Å². The Morgan fingerprint density at radius 3 is 2.95 bits per heavy atom. The minimum absolute atomic E-state index is 0.0166. The smallest absolute Gasteiger partial charge is 0.251 e. The molecule has 1 aromatic carbocycles. The van der Waals surface area contributed by atoms with Crippen molar-refractivity contribution in [3.8, 4) is 5.75 Å². The predicted octanol–water partition coefficient (Wildman–Crippen LogP) is 1.73. The van der Waals surface area contributed by atoms with Gasteiger partial charge in [0.2, 0.25) is 0 Å². The zero-order valence-electron chi connectivity index (χ0n) is 11.8. The van der Waals surface area contributed by atoms with E-state index in [2.05, 4.69) is 17.6 Å². The van der Waals surface area contributed by atoms with Crippen LogP contribution in [-0.4, -0.2) is 32.1 Å². The van der Waals surface area contributed by atoms with Crippen molar-refractivity contribution >= 4 is 5.91 Å². The molecule has 4 nitrogen and oxygen atoms in total. The highest BCUT2D eigenvalue weighted by Crippen LogP contribution is 2.19. The van der Waals surface area contributed by atoms with Gasteiger partial charge in [0.05, 0.1) is 7.11 Å². The molecular weight excluding hydrogens is 240 g/mol. The second-order valence-electron chi connectivity index (χ2n) is 5.23. The minimum Gasteiger partial charge on any atom is -0.496 e. The largest absolute Gasteiger partial charge is 0.496 e. The lowest BCUT2D eigenvalue weighted by Crippen LogP contribution is -2.48. The number of rotatable bonds is 3. The Bertz CT molecular complexity index is 459.